The maximum Gasteiger partial charge on any atom is 0.222 e. The highest BCUT2D eigenvalue weighted by molar-refractivity contribution is 5.76. The molecule has 0 radical (unpaired) electrons. The van der Waals surface area contributed by atoms with E-state index in [1.165, 1.54) is 5.56 Å². The van der Waals surface area contributed by atoms with Crippen LogP contribution in [0.4, 0.5) is 0 Å². The molecule has 0 bridgehead atoms. The van der Waals surface area contributed by atoms with Crippen LogP contribution in [0.3, 0.4) is 0 Å². The predicted molar refractivity (Wildman–Crippen MR) is 107 cm³/mol. The number of morpholine rings is 1. The molecule has 0 N–H and O–H groups in total. The molecule has 27 heavy (non-hydrogen) atoms. The smallest absolute Gasteiger partial charge is 0.222 e. The van der Waals surface area contributed by atoms with Crippen LogP contribution in [0.5, 0.6) is 5.75 Å². The minimum atomic E-state index is 0.320. The van der Waals surface area contributed by atoms with Gasteiger partial charge in [-0.15, -0.1) is 0 Å². The first-order valence-electron chi connectivity index (χ1n) is 10.4. The van der Waals surface area contributed by atoms with E-state index >= 15 is 0 Å². The Balaban J connectivity index is 1.36. The molecule has 0 aromatic heterocycles. The van der Waals surface area contributed by atoms with Crippen LogP contribution in [0.25, 0.3) is 0 Å². The normalized spacial score (nSPS) is 20.4. The Labute approximate surface area is 163 Å². The van der Waals surface area contributed by atoms with Crippen LogP contribution in [0, 0.1) is 5.92 Å². The van der Waals surface area contributed by atoms with E-state index in [-0.39, 0.29) is 0 Å². The lowest BCUT2D eigenvalue weighted by Crippen LogP contribution is -2.49. The average molecular weight is 375 g/mol. The SMILES string of the molecule is COc1ccc(CCCC(=O)N2CCC([C@@H](C)N3CCOCC3)CC2)cc1. The van der Waals surface area contributed by atoms with E-state index in [2.05, 4.69) is 28.9 Å². The number of carbonyl (C=O) groups excluding carboxylic acids is 1. The second kappa shape index (κ2) is 10.1. The van der Waals surface area contributed by atoms with E-state index in [9.17, 15) is 4.79 Å². The summed E-state index contributed by atoms with van der Waals surface area (Å²) in [5.74, 6) is 1.90. The number of hydrogen-bond acceptors (Lipinski definition) is 4. The fourth-order valence-electron chi connectivity index (χ4n) is 4.31. The van der Waals surface area contributed by atoms with E-state index in [4.69, 9.17) is 9.47 Å². The Morgan fingerprint density at radius 2 is 1.81 bits per heavy atom. The lowest BCUT2D eigenvalue weighted by atomic mass is 9.89. The summed E-state index contributed by atoms with van der Waals surface area (Å²) in [5, 5.41) is 0. The zero-order chi connectivity index (χ0) is 19.1. The van der Waals surface area contributed by atoms with Gasteiger partial charge in [0.1, 0.15) is 5.75 Å². The number of ether oxygens (including phenoxy) is 2. The van der Waals surface area contributed by atoms with Gasteiger partial charge in [0, 0.05) is 38.6 Å². The number of hydrogen-bond donors (Lipinski definition) is 0. The molecule has 2 saturated heterocycles. The summed E-state index contributed by atoms with van der Waals surface area (Å²) in [7, 11) is 1.68. The predicted octanol–water partition coefficient (Wildman–Crippen LogP) is 2.98. The van der Waals surface area contributed by atoms with Gasteiger partial charge < -0.3 is 14.4 Å². The summed E-state index contributed by atoms with van der Waals surface area (Å²) in [6.07, 6.45) is 4.76. The minimum absolute atomic E-state index is 0.320. The highest BCUT2D eigenvalue weighted by Gasteiger charge is 2.29. The molecule has 1 aromatic rings. The van der Waals surface area contributed by atoms with Crippen molar-refractivity contribution in [3.05, 3.63) is 29.8 Å². The van der Waals surface area contributed by atoms with Crippen molar-refractivity contribution >= 4 is 5.91 Å². The van der Waals surface area contributed by atoms with Gasteiger partial charge in [-0.25, -0.2) is 0 Å². The van der Waals surface area contributed by atoms with E-state index in [1.54, 1.807) is 7.11 Å². The molecule has 0 aliphatic carbocycles. The van der Waals surface area contributed by atoms with Gasteiger partial charge in [0.15, 0.2) is 0 Å². The van der Waals surface area contributed by atoms with Crippen molar-refractivity contribution in [3.8, 4) is 5.75 Å². The first-order valence-corrected chi connectivity index (χ1v) is 10.4. The number of likely N-dealkylation sites (tertiary alicyclic amines) is 1. The summed E-state index contributed by atoms with van der Waals surface area (Å²) in [6.45, 7) is 7.99. The quantitative estimate of drug-likeness (QED) is 0.736. The zero-order valence-electron chi connectivity index (χ0n) is 16.9. The standard InChI is InChI=1S/C22H34N2O3/c1-18(23-14-16-27-17-15-23)20-10-12-24(13-11-20)22(25)5-3-4-19-6-8-21(26-2)9-7-19/h6-9,18,20H,3-5,10-17H2,1-2H3/t18-/m1/s1. The fraction of sp³-hybridized carbons (Fsp3) is 0.682. The molecule has 1 aromatic carbocycles. The Kier molecular flexibility index (Phi) is 7.53. The Morgan fingerprint density at radius 3 is 2.44 bits per heavy atom. The summed E-state index contributed by atoms with van der Waals surface area (Å²) >= 11 is 0. The first-order chi connectivity index (χ1) is 13.2. The molecule has 0 spiro atoms. The third-order valence-corrected chi connectivity index (χ3v) is 6.21. The maximum atomic E-state index is 12.5. The van der Waals surface area contributed by atoms with Crippen molar-refractivity contribution in [3.63, 3.8) is 0 Å². The van der Waals surface area contributed by atoms with Gasteiger partial charge in [-0.3, -0.25) is 9.69 Å². The minimum Gasteiger partial charge on any atom is -0.497 e. The summed E-state index contributed by atoms with van der Waals surface area (Å²) in [5.41, 5.74) is 1.27. The summed E-state index contributed by atoms with van der Waals surface area (Å²) in [4.78, 5) is 17.2. The van der Waals surface area contributed by atoms with Crippen molar-refractivity contribution in [1.29, 1.82) is 0 Å². The fourth-order valence-corrected chi connectivity index (χ4v) is 4.31. The molecule has 1 atom stereocenters. The number of nitrogens with zero attached hydrogens (tertiary/aromatic N) is 2. The molecule has 2 heterocycles. The van der Waals surface area contributed by atoms with Crippen LogP contribution < -0.4 is 4.74 Å². The van der Waals surface area contributed by atoms with Crippen LogP contribution in [0.1, 0.15) is 38.2 Å². The van der Waals surface area contributed by atoms with E-state index < -0.39 is 0 Å². The first kappa shape index (κ1) is 20.2. The topological polar surface area (TPSA) is 42.0 Å². The largest absolute Gasteiger partial charge is 0.497 e. The number of piperidine rings is 1. The maximum absolute atomic E-state index is 12.5. The average Bonchev–Trinajstić information content (AvgIpc) is 2.74. The Morgan fingerprint density at radius 1 is 1.15 bits per heavy atom. The van der Waals surface area contributed by atoms with Gasteiger partial charge in [0.05, 0.1) is 20.3 Å². The van der Waals surface area contributed by atoms with Gasteiger partial charge in [0.2, 0.25) is 5.91 Å². The molecule has 2 aliphatic heterocycles. The molecule has 2 aliphatic rings. The molecule has 150 valence electrons. The molecular weight excluding hydrogens is 340 g/mol. The number of carbonyl (C=O) groups is 1. The van der Waals surface area contributed by atoms with Crippen LogP contribution in [-0.2, 0) is 16.0 Å². The van der Waals surface area contributed by atoms with Crippen LogP contribution in [0.2, 0.25) is 0 Å². The number of rotatable bonds is 7. The second-order valence-electron chi connectivity index (χ2n) is 7.81. The molecule has 0 unspecified atom stereocenters. The van der Waals surface area contributed by atoms with Crippen LogP contribution in [-0.4, -0.2) is 68.3 Å². The van der Waals surface area contributed by atoms with Gasteiger partial charge in [-0.2, -0.15) is 0 Å². The summed E-state index contributed by atoms with van der Waals surface area (Å²) < 4.78 is 10.7. The molecule has 3 rings (SSSR count). The highest BCUT2D eigenvalue weighted by atomic mass is 16.5. The van der Waals surface area contributed by atoms with Gasteiger partial charge in [-0.1, -0.05) is 12.1 Å². The van der Waals surface area contributed by atoms with Gasteiger partial charge in [-0.05, 0) is 56.2 Å². The molecule has 5 heteroatoms. The molecule has 1 amide bonds. The number of methoxy groups -OCH3 is 1. The Hall–Kier alpha value is -1.59. The number of amides is 1. The molecule has 5 nitrogen and oxygen atoms in total. The van der Waals surface area contributed by atoms with Gasteiger partial charge in [0.25, 0.3) is 0 Å². The Bertz CT molecular complexity index is 576. The van der Waals surface area contributed by atoms with Crippen LogP contribution in [0.15, 0.2) is 24.3 Å². The van der Waals surface area contributed by atoms with E-state index in [0.29, 0.717) is 24.3 Å². The van der Waals surface area contributed by atoms with E-state index in [0.717, 1.165) is 70.8 Å². The van der Waals surface area contributed by atoms with Crippen molar-refractivity contribution in [2.75, 3.05) is 46.5 Å². The molecule has 2 fully saturated rings. The second-order valence-corrected chi connectivity index (χ2v) is 7.81. The van der Waals surface area contributed by atoms with Crippen molar-refractivity contribution in [2.24, 2.45) is 5.92 Å². The lowest BCUT2D eigenvalue weighted by Gasteiger charge is -2.41. The lowest BCUT2D eigenvalue weighted by molar-refractivity contribution is -0.133. The van der Waals surface area contributed by atoms with Crippen LogP contribution >= 0.6 is 0 Å². The highest BCUT2D eigenvalue weighted by Crippen LogP contribution is 2.25. The van der Waals surface area contributed by atoms with Crippen molar-refractivity contribution < 1.29 is 14.3 Å². The van der Waals surface area contributed by atoms with Crippen molar-refractivity contribution in [1.82, 2.24) is 9.80 Å². The summed E-state index contributed by atoms with van der Waals surface area (Å²) in [6, 6.07) is 8.74. The third-order valence-electron chi connectivity index (χ3n) is 6.21. The van der Waals surface area contributed by atoms with Crippen molar-refractivity contribution in [2.45, 2.75) is 45.1 Å². The molecule has 0 saturated carbocycles. The molecular formula is C22H34N2O3. The third kappa shape index (κ3) is 5.69. The monoisotopic (exact) mass is 374 g/mol. The number of aryl methyl sites for hydroxylation is 1. The number of benzene rings is 1. The van der Waals surface area contributed by atoms with E-state index in [1.807, 2.05) is 12.1 Å². The zero-order valence-corrected chi connectivity index (χ0v) is 16.9. The van der Waals surface area contributed by atoms with Gasteiger partial charge >= 0.3 is 0 Å².